The average Bonchev–Trinajstić information content (AvgIpc) is 2.87. The molecule has 0 unspecified atom stereocenters. The van der Waals surface area contributed by atoms with E-state index in [2.05, 4.69) is 9.38 Å². The van der Waals surface area contributed by atoms with Crippen LogP contribution in [0.25, 0.3) is 5.52 Å². The van der Waals surface area contributed by atoms with E-state index in [9.17, 15) is 0 Å². The van der Waals surface area contributed by atoms with Crippen molar-refractivity contribution in [2.75, 3.05) is 5.73 Å². The molecular formula is C10H11N3. The van der Waals surface area contributed by atoms with Gasteiger partial charge in [0.05, 0.1) is 17.4 Å². The summed E-state index contributed by atoms with van der Waals surface area (Å²) in [6.07, 6.45) is 6.44. The Balaban J connectivity index is 2.32. The lowest BCUT2D eigenvalue weighted by molar-refractivity contribution is 0.921. The average molecular weight is 173 g/mol. The van der Waals surface area contributed by atoms with Crippen molar-refractivity contribution in [1.82, 2.24) is 9.38 Å². The topological polar surface area (TPSA) is 43.3 Å². The zero-order chi connectivity index (χ0) is 8.84. The molecule has 0 aromatic carbocycles. The van der Waals surface area contributed by atoms with Crippen LogP contribution in [0.5, 0.6) is 0 Å². The van der Waals surface area contributed by atoms with Crippen LogP contribution in [0.2, 0.25) is 0 Å². The molecule has 0 radical (unpaired) electrons. The summed E-state index contributed by atoms with van der Waals surface area (Å²) in [5, 5.41) is 0. The van der Waals surface area contributed by atoms with E-state index in [1.807, 2.05) is 24.5 Å². The lowest BCUT2D eigenvalue weighted by atomic mass is 10.3. The van der Waals surface area contributed by atoms with Gasteiger partial charge in [-0.25, -0.2) is 4.98 Å². The maximum absolute atomic E-state index is 5.83. The molecule has 1 fully saturated rings. The number of hydrogen-bond acceptors (Lipinski definition) is 2. The zero-order valence-corrected chi connectivity index (χ0v) is 7.27. The van der Waals surface area contributed by atoms with Gasteiger partial charge in [0.15, 0.2) is 0 Å². The third-order valence-electron chi connectivity index (χ3n) is 2.57. The molecular weight excluding hydrogens is 162 g/mol. The van der Waals surface area contributed by atoms with Crippen molar-refractivity contribution in [3.8, 4) is 0 Å². The summed E-state index contributed by atoms with van der Waals surface area (Å²) in [5.41, 5.74) is 7.67. The molecule has 13 heavy (non-hydrogen) atoms. The Kier molecular flexibility index (Phi) is 1.20. The van der Waals surface area contributed by atoms with Gasteiger partial charge in [0.2, 0.25) is 0 Å². The Hall–Kier alpha value is -1.51. The SMILES string of the molecule is Nc1cccn2c(C3CC3)ncc12. The first-order valence-corrected chi connectivity index (χ1v) is 4.58. The van der Waals surface area contributed by atoms with Gasteiger partial charge in [-0.2, -0.15) is 0 Å². The summed E-state index contributed by atoms with van der Waals surface area (Å²) in [5.74, 6) is 1.84. The lowest BCUT2D eigenvalue weighted by Crippen LogP contribution is -1.94. The van der Waals surface area contributed by atoms with E-state index in [1.54, 1.807) is 0 Å². The quantitative estimate of drug-likeness (QED) is 0.714. The molecule has 2 aromatic heterocycles. The monoisotopic (exact) mass is 173 g/mol. The Bertz CT molecular complexity index is 454. The summed E-state index contributed by atoms with van der Waals surface area (Å²) in [6, 6.07) is 3.88. The maximum atomic E-state index is 5.83. The third kappa shape index (κ3) is 0.932. The first kappa shape index (κ1) is 6.95. The molecule has 3 rings (SSSR count). The van der Waals surface area contributed by atoms with Gasteiger partial charge in [0.1, 0.15) is 5.82 Å². The summed E-state index contributed by atoms with van der Waals surface area (Å²) in [6.45, 7) is 0. The van der Waals surface area contributed by atoms with Gasteiger partial charge in [-0.3, -0.25) is 0 Å². The molecule has 0 saturated heterocycles. The molecule has 2 heterocycles. The van der Waals surface area contributed by atoms with Crippen LogP contribution in [-0.2, 0) is 0 Å². The van der Waals surface area contributed by atoms with Gasteiger partial charge < -0.3 is 10.1 Å². The Labute approximate surface area is 76.2 Å². The summed E-state index contributed by atoms with van der Waals surface area (Å²) < 4.78 is 2.10. The second-order valence-corrected chi connectivity index (χ2v) is 3.61. The van der Waals surface area contributed by atoms with Crippen molar-refractivity contribution in [2.24, 2.45) is 0 Å². The van der Waals surface area contributed by atoms with Crippen LogP contribution in [0.4, 0.5) is 5.69 Å². The highest BCUT2D eigenvalue weighted by molar-refractivity contribution is 5.68. The van der Waals surface area contributed by atoms with Crippen molar-refractivity contribution in [3.05, 3.63) is 30.4 Å². The van der Waals surface area contributed by atoms with E-state index in [0.29, 0.717) is 5.92 Å². The zero-order valence-electron chi connectivity index (χ0n) is 7.27. The predicted molar refractivity (Wildman–Crippen MR) is 51.6 cm³/mol. The normalized spacial score (nSPS) is 16.6. The number of fused-ring (bicyclic) bond motifs is 1. The van der Waals surface area contributed by atoms with Crippen molar-refractivity contribution >= 4 is 11.2 Å². The number of anilines is 1. The van der Waals surface area contributed by atoms with Gasteiger partial charge in [-0.15, -0.1) is 0 Å². The number of nitrogen functional groups attached to an aromatic ring is 1. The molecule has 0 atom stereocenters. The summed E-state index contributed by atoms with van der Waals surface area (Å²) in [4.78, 5) is 4.40. The van der Waals surface area contributed by atoms with Crippen molar-refractivity contribution in [1.29, 1.82) is 0 Å². The van der Waals surface area contributed by atoms with E-state index in [4.69, 9.17) is 5.73 Å². The Morgan fingerprint density at radius 2 is 2.31 bits per heavy atom. The highest BCUT2D eigenvalue weighted by Gasteiger charge is 2.27. The van der Waals surface area contributed by atoms with Gasteiger partial charge in [-0.1, -0.05) is 0 Å². The number of aromatic nitrogens is 2. The van der Waals surface area contributed by atoms with E-state index >= 15 is 0 Å². The fourth-order valence-electron chi connectivity index (χ4n) is 1.71. The standard InChI is InChI=1S/C10H11N3/c11-8-2-1-5-13-9(8)6-12-10(13)7-3-4-7/h1-2,5-7H,3-4,11H2. The third-order valence-corrected chi connectivity index (χ3v) is 2.57. The second kappa shape index (κ2) is 2.25. The second-order valence-electron chi connectivity index (χ2n) is 3.61. The number of hydrogen-bond donors (Lipinski definition) is 1. The highest BCUT2D eigenvalue weighted by atomic mass is 15.0. The van der Waals surface area contributed by atoms with Crippen LogP contribution >= 0.6 is 0 Å². The lowest BCUT2D eigenvalue weighted by Gasteiger charge is -2.00. The predicted octanol–water partition coefficient (Wildman–Crippen LogP) is 1.79. The van der Waals surface area contributed by atoms with Gasteiger partial charge in [0, 0.05) is 12.1 Å². The molecule has 0 aliphatic heterocycles. The molecule has 1 aliphatic carbocycles. The molecule has 1 saturated carbocycles. The maximum Gasteiger partial charge on any atom is 0.116 e. The molecule has 0 spiro atoms. The Morgan fingerprint density at radius 3 is 3.08 bits per heavy atom. The van der Waals surface area contributed by atoms with Gasteiger partial charge in [-0.05, 0) is 25.0 Å². The Morgan fingerprint density at radius 1 is 1.46 bits per heavy atom. The van der Waals surface area contributed by atoms with Gasteiger partial charge >= 0.3 is 0 Å². The van der Waals surface area contributed by atoms with Crippen LogP contribution in [0.1, 0.15) is 24.6 Å². The van der Waals surface area contributed by atoms with E-state index in [-0.39, 0.29) is 0 Å². The van der Waals surface area contributed by atoms with E-state index in [1.165, 1.54) is 18.7 Å². The van der Waals surface area contributed by atoms with Crippen molar-refractivity contribution < 1.29 is 0 Å². The summed E-state index contributed by atoms with van der Waals surface area (Å²) in [7, 11) is 0. The smallest absolute Gasteiger partial charge is 0.116 e. The molecule has 2 N–H and O–H groups in total. The van der Waals surface area contributed by atoms with Crippen LogP contribution in [0.15, 0.2) is 24.5 Å². The minimum absolute atomic E-state index is 0.671. The van der Waals surface area contributed by atoms with Crippen molar-refractivity contribution in [3.63, 3.8) is 0 Å². The van der Waals surface area contributed by atoms with E-state index < -0.39 is 0 Å². The number of imidazole rings is 1. The molecule has 1 aliphatic rings. The largest absolute Gasteiger partial charge is 0.397 e. The molecule has 3 nitrogen and oxygen atoms in total. The van der Waals surface area contributed by atoms with Crippen LogP contribution in [-0.4, -0.2) is 9.38 Å². The molecule has 0 bridgehead atoms. The molecule has 2 aromatic rings. The van der Waals surface area contributed by atoms with Gasteiger partial charge in [0.25, 0.3) is 0 Å². The first-order valence-electron chi connectivity index (χ1n) is 4.58. The fraction of sp³-hybridized carbons (Fsp3) is 0.300. The fourth-order valence-corrected chi connectivity index (χ4v) is 1.71. The number of nitrogens with two attached hydrogens (primary N) is 1. The minimum atomic E-state index is 0.671. The number of rotatable bonds is 1. The molecule has 3 heteroatoms. The molecule has 66 valence electrons. The van der Waals surface area contributed by atoms with Crippen LogP contribution in [0.3, 0.4) is 0 Å². The van der Waals surface area contributed by atoms with Crippen molar-refractivity contribution in [2.45, 2.75) is 18.8 Å². The van der Waals surface area contributed by atoms with Crippen LogP contribution in [0, 0.1) is 0 Å². The van der Waals surface area contributed by atoms with Crippen LogP contribution < -0.4 is 5.73 Å². The van der Waals surface area contributed by atoms with E-state index in [0.717, 1.165) is 11.2 Å². The number of pyridine rings is 1. The first-order chi connectivity index (χ1) is 6.36. The number of nitrogens with zero attached hydrogens (tertiary/aromatic N) is 2. The summed E-state index contributed by atoms with van der Waals surface area (Å²) >= 11 is 0. The minimum Gasteiger partial charge on any atom is -0.397 e. The molecule has 0 amide bonds. The highest BCUT2D eigenvalue weighted by Crippen LogP contribution is 2.39.